The Balaban J connectivity index is 1.74. The van der Waals surface area contributed by atoms with Crippen LogP contribution in [0, 0.1) is 4.77 Å². The molecule has 3 heterocycles. The zero-order valence-corrected chi connectivity index (χ0v) is 16.7. The zero-order chi connectivity index (χ0) is 19.7. The van der Waals surface area contributed by atoms with Crippen molar-refractivity contribution in [3.05, 3.63) is 79.9 Å². The second-order valence-electron chi connectivity index (χ2n) is 6.39. The van der Waals surface area contributed by atoms with E-state index in [1.807, 2.05) is 54.8 Å². The summed E-state index contributed by atoms with van der Waals surface area (Å²) in [4.78, 5) is 21.3. The van der Waals surface area contributed by atoms with Crippen LogP contribution in [0.15, 0.2) is 59.1 Å². The molecule has 1 aromatic carbocycles. The number of H-pyrrole nitrogens is 1. The van der Waals surface area contributed by atoms with Crippen molar-refractivity contribution in [1.82, 2.24) is 9.97 Å². The molecule has 6 nitrogen and oxygen atoms in total. The van der Waals surface area contributed by atoms with Gasteiger partial charge in [0.25, 0.3) is 0 Å². The van der Waals surface area contributed by atoms with Gasteiger partial charge in [-0.15, -0.1) is 11.3 Å². The van der Waals surface area contributed by atoms with Crippen molar-refractivity contribution in [2.24, 2.45) is 0 Å². The van der Waals surface area contributed by atoms with Crippen molar-refractivity contribution >= 4 is 41.2 Å². The van der Waals surface area contributed by atoms with Crippen LogP contribution in [0.1, 0.15) is 28.8 Å². The monoisotopic (exact) mass is 410 g/mol. The lowest BCUT2D eigenvalue weighted by Crippen LogP contribution is -2.26. The number of nitrogens with two attached hydrogens (primary N) is 1. The zero-order valence-electron chi connectivity index (χ0n) is 15.1. The van der Waals surface area contributed by atoms with E-state index < -0.39 is 0 Å². The first kappa shape index (κ1) is 18.4. The van der Waals surface area contributed by atoms with E-state index in [-0.39, 0.29) is 23.3 Å². The summed E-state index contributed by atoms with van der Waals surface area (Å²) < 4.78 is 5.91. The van der Waals surface area contributed by atoms with Gasteiger partial charge in [0.15, 0.2) is 4.77 Å². The largest absolute Gasteiger partial charge is 0.457 e. The number of hydrogen-bond acceptors (Lipinski definition) is 7. The Morgan fingerprint density at radius 2 is 2.07 bits per heavy atom. The molecule has 142 valence electrons. The fraction of sp³-hybridized carbons (Fsp3) is 0.150. The third-order valence-corrected chi connectivity index (χ3v) is 5.68. The average Bonchev–Trinajstić information content (AvgIpc) is 3.20. The van der Waals surface area contributed by atoms with Crippen molar-refractivity contribution < 1.29 is 9.53 Å². The molecule has 1 aliphatic rings. The summed E-state index contributed by atoms with van der Waals surface area (Å²) in [7, 11) is 0. The maximum atomic E-state index is 13.1. The van der Waals surface area contributed by atoms with Gasteiger partial charge in [0, 0.05) is 16.1 Å². The minimum absolute atomic E-state index is 0.200. The molecule has 2 aromatic heterocycles. The number of ether oxygens (including phenoxy) is 1. The van der Waals surface area contributed by atoms with Crippen LogP contribution in [0.5, 0.6) is 0 Å². The topological polar surface area (TPSA) is 93.0 Å². The first-order chi connectivity index (χ1) is 13.5. The first-order valence-corrected chi connectivity index (χ1v) is 9.95. The maximum Gasteiger partial charge on any atom is 0.337 e. The molecule has 0 spiro atoms. The number of nitrogens with zero attached hydrogens (tertiary/aromatic N) is 1. The molecular weight excluding hydrogens is 392 g/mol. The number of aromatic amines is 1. The number of nitrogens with one attached hydrogen (secondary N) is 2. The van der Waals surface area contributed by atoms with Crippen LogP contribution in [-0.4, -0.2) is 15.9 Å². The smallest absolute Gasteiger partial charge is 0.337 e. The number of hydrogen-bond donors (Lipinski definition) is 3. The Morgan fingerprint density at radius 3 is 2.79 bits per heavy atom. The van der Waals surface area contributed by atoms with Gasteiger partial charge in [-0.05, 0) is 36.2 Å². The van der Waals surface area contributed by atoms with E-state index in [2.05, 4.69) is 15.3 Å². The first-order valence-electron chi connectivity index (χ1n) is 8.66. The number of carbonyl (C=O) groups is 1. The van der Waals surface area contributed by atoms with E-state index in [9.17, 15) is 4.79 Å². The van der Waals surface area contributed by atoms with Crippen LogP contribution >= 0.6 is 23.6 Å². The molecule has 3 aromatic rings. The minimum atomic E-state index is -0.389. The minimum Gasteiger partial charge on any atom is -0.457 e. The van der Waals surface area contributed by atoms with Crippen LogP contribution in [-0.2, 0) is 16.1 Å². The molecule has 0 aliphatic carbocycles. The van der Waals surface area contributed by atoms with Gasteiger partial charge < -0.3 is 20.8 Å². The average molecular weight is 411 g/mol. The van der Waals surface area contributed by atoms with Gasteiger partial charge in [0.1, 0.15) is 18.2 Å². The fourth-order valence-corrected chi connectivity index (χ4v) is 4.35. The molecule has 4 rings (SSSR count). The number of aromatic nitrogens is 2. The molecule has 0 fully saturated rings. The second kappa shape index (κ2) is 7.57. The number of esters is 1. The molecule has 0 bridgehead atoms. The van der Waals surface area contributed by atoms with Crippen molar-refractivity contribution in [1.29, 1.82) is 0 Å². The molecule has 1 unspecified atom stereocenters. The number of fused-ring (bicyclic) bond motifs is 1. The number of benzene rings is 1. The van der Waals surface area contributed by atoms with E-state index in [1.54, 1.807) is 11.3 Å². The van der Waals surface area contributed by atoms with Gasteiger partial charge in [-0.2, -0.15) is 0 Å². The molecule has 4 N–H and O–H groups in total. The van der Waals surface area contributed by atoms with Crippen molar-refractivity contribution in [2.75, 3.05) is 11.1 Å². The van der Waals surface area contributed by atoms with E-state index >= 15 is 0 Å². The van der Waals surface area contributed by atoms with Crippen molar-refractivity contribution in [3.8, 4) is 0 Å². The summed E-state index contributed by atoms with van der Waals surface area (Å²) in [6, 6.07) is 13.5. The maximum absolute atomic E-state index is 13.1. The normalized spacial score (nSPS) is 15.7. The number of thiophene rings is 1. The molecule has 0 radical (unpaired) electrons. The van der Waals surface area contributed by atoms with Crippen LogP contribution in [0.2, 0.25) is 0 Å². The Morgan fingerprint density at radius 1 is 1.29 bits per heavy atom. The van der Waals surface area contributed by atoms with Crippen LogP contribution in [0.25, 0.3) is 0 Å². The highest BCUT2D eigenvalue weighted by molar-refractivity contribution is 7.71. The third-order valence-electron chi connectivity index (χ3n) is 4.55. The quantitative estimate of drug-likeness (QED) is 0.437. The summed E-state index contributed by atoms with van der Waals surface area (Å²) in [5, 5.41) is 5.13. The SMILES string of the molecule is CC1=C(C(=O)OCc2ccccc2)C(c2cccs2)c2c(nc(=S)[nH]c2N)N1. The number of rotatable bonds is 4. The van der Waals surface area contributed by atoms with Gasteiger partial charge in [0.05, 0.1) is 11.5 Å². The van der Waals surface area contributed by atoms with Crippen LogP contribution in [0.4, 0.5) is 11.6 Å². The molecular formula is C20H18N4O2S2. The summed E-state index contributed by atoms with van der Waals surface area (Å²) in [6.07, 6.45) is 0. The summed E-state index contributed by atoms with van der Waals surface area (Å²) in [5.41, 5.74) is 9.06. The molecule has 0 saturated carbocycles. The highest BCUT2D eigenvalue weighted by atomic mass is 32.1. The summed E-state index contributed by atoms with van der Waals surface area (Å²) >= 11 is 6.70. The number of nitrogen functional groups attached to an aromatic ring is 1. The molecule has 28 heavy (non-hydrogen) atoms. The third kappa shape index (κ3) is 3.44. The highest BCUT2D eigenvalue weighted by Crippen LogP contribution is 2.44. The summed E-state index contributed by atoms with van der Waals surface area (Å²) in [6.45, 7) is 2.03. The Hall–Kier alpha value is -2.97. The lowest BCUT2D eigenvalue weighted by atomic mass is 9.86. The fourth-order valence-electron chi connectivity index (χ4n) is 3.30. The van der Waals surface area contributed by atoms with Gasteiger partial charge in [-0.1, -0.05) is 36.4 Å². The van der Waals surface area contributed by atoms with Gasteiger partial charge in [-0.3, -0.25) is 0 Å². The van der Waals surface area contributed by atoms with Gasteiger partial charge in [0.2, 0.25) is 0 Å². The Bertz CT molecular complexity index is 1100. The van der Waals surface area contributed by atoms with Gasteiger partial charge >= 0.3 is 5.97 Å². The molecule has 1 atom stereocenters. The van der Waals surface area contributed by atoms with Gasteiger partial charge in [-0.25, -0.2) is 9.78 Å². The summed E-state index contributed by atoms with van der Waals surface area (Å²) in [5.74, 6) is 0.192. The number of carbonyl (C=O) groups excluding carboxylic acids is 1. The van der Waals surface area contributed by atoms with E-state index in [1.165, 1.54) is 0 Å². The predicted molar refractivity (Wildman–Crippen MR) is 113 cm³/mol. The van der Waals surface area contributed by atoms with Crippen molar-refractivity contribution in [2.45, 2.75) is 19.4 Å². The van der Waals surface area contributed by atoms with E-state index in [0.717, 1.165) is 10.4 Å². The lowest BCUT2D eigenvalue weighted by molar-refractivity contribution is -0.140. The second-order valence-corrected chi connectivity index (χ2v) is 7.76. The molecule has 8 heteroatoms. The predicted octanol–water partition coefficient (Wildman–Crippen LogP) is 4.36. The lowest BCUT2D eigenvalue weighted by Gasteiger charge is -2.29. The van der Waals surface area contributed by atoms with Crippen molar-refractivity contribution in [3.63, 3.8) is 0 Å². The van der Waals surface area contributed by atoms with E-state index in [4.69, 9.17) is 22.7 Å². The van der Waals surface area contributed by atoms with Crippen LogP contribution in [0.3, 0.4) is 0 Å². The molecule has 1 aliphatic heterocycles. The Labute approximate surface area is 171 Å². The number of allylic oxidation sites excluding steroid dienone is 1. The number of anilines is 2. The highest BCUT2D eigenvalue weighted by Gasteiger charge is 2.36. The molecule has 0 saturated heterocycles. The Kier molecular flexibility index (Phi) is 4.97. The van der Waals surface area contributed by atoms with E-state index in [0.29, 0.717) is 28.5 Å². The van der Waals surface area contributed by atoms with Crippen LogP contribution < -0.4 is 11.1 Å². The standard InChI is InChI=1S/C20H18N4O2S2/c1-11-14(19(25)26-10-12-6-3-2-4-7-12)15(13-8-5-9-28-13)16-17(21)23-20(27)24-18(16)22-11/h2-9,15H,10H2,1H3,(H4,21,22,23,24,27). The molecule has 0 amide bonds.